The molecule has 1 aliphatic carbocycles. The zero-order valence-electron chi connectivity index (χ0n) is 16.8. The number of rotatable bonds is 3. The van der Waals surface area contributed by atoms with Crippen molar-refractivity contribution in [3.63, 3.8) is 0 Å². The van der Waals surface area contributed by atoms with Gasteiger partial charge in [-0.15, -0.1) is 0 Å². The molecule has 0 amide bonds. The summed E-state index contributed by atoms with van der Waals surface area (Å²) in [6.45, 7) is 10.6. The van der Waals surface area contributed by atoms with E-state index in [0.29, 0.717) is 0 Å². The molecule has 0 fully saturated rings. The Labute approximate surface area is 162 Å². The molecular weight excluding hydrogens is 328 g/mol. The Morgan fingerprint density at radius 2 is 1.22 bits per heavy atom. The van der Waals surface area contributed by atoms with Gasteiger partial charge in [0.2, 0.25) is 0 Å². The van der Waals surface area contributed by atoms with Gasteiger partial charge in [-0.25, -0.2) is 0 Å². The molecule has 0 aromatic heterocycles. The molecule has 0 bridgehead atoms. The molecule has 0 spiro atoms. The SMILES string of the molecule is Cc1cc(C)c(C(=O)C2(C(C)C)c3ccccc3-c3ccccc32)c(C)c1. The van der Waals surface area contributed by atoms with Crippen LogP contribution in [-0.4, -0.2) is 5.78 Å². The minimum atomic E-state index is -0.641. The molecule has 0 heterocycles. The number of Topliss-reactive ketones (excluding diaryl/α,β-unsaturated/α-hetero) is 1. The Bertz CT molecular complexity index is 987. The molecule has 0 atom stereocenters. The van der Waals surface area contributed by atoms with E-state index in [1.165, 1.54) is 16.7 Å². The van der Waals surface area contributed by atoms with E-state index in [2.05, 4.69) is 95.3 Å². The van der Waals surface area contributed by atoms with Gasteiger partial charge in [0.05, 0.1) is 5.41 Å². The summed E-state index contributed by atoms with van der Waals surface area (Å²) in [4.78, 5) is 14.3. The third-order valence-electron chi connectivity index (χ3n) is 6.12. The lowest BCUT2D eigenvalue weighted by atomic mass is 9.64. The van der Waals surface area contributed by atoms with Crippen molar-refractivity contribution < 1.29 is 4.79 Å². The molecule has 0 radical (unpaired) electrons. The van der Waals surface area contributed by atoms with Gasteiger partial charge < -0.3 is 0 Å². The van der Waals surface area contributed by atoms with Gasteiger partial charge in [0.15, 0.2) is 5.78 Å². The first-order valence-corrected chi connectivity index (χ1v) is 9.71. The molecule has 0 N–H and O–H groups in total. The van der Waals surface area contributed by atoms with Crippen molar-refractivity contribution in [3.05, 3.63) is 94.0 Å². The van der Waals surface area contributed by atoms with Crippen LogP contribution in [0.1, 0.15) is 52.0 Å². The average Bonchev–Trinajstić information content (AvgIpc) is 2.92. The first-order valence-electron chi connectivity index (χ1n) is 9.71. The van der Waals surface area contributed by atoms with Crippen LogP contribution in [0.25, 0.3) is 11.1 Å². The average molecular weight is 354 g/mol. The van der Waals surface area contributed by atoms with Crippen molar-refractivity contribution in [2.75, 3.05) is 0 Å². The molecule has 3 aromatic rings. The Morgan fingerprint density at radius 3 is 1.67 bits per heavy atom. The smallest absolute Gasteiger partial charge is 0.178 e. The Hall–Kier alpha value is -2.67. The number of carbonyl (C=O) groups is 1. The highest BCUT2D eigenvalue weighted by Crippen LogP contribution is 2.54. The van der Waals surface area contributed by atoms with Crippen LogP contribution in [0, 0.1) is 26.7 Å². The van der Waals surface area contributed by atoms with Crippen LogP contribution in [0.2, 0.25) is 0 Å². The summed E-state index contributed by atoms with van der Waals surface area (Å²) in [5.74, 6) is 0.375. The number of ketones is 1. The molecule has 0 aliphatic heterocycles. The lowest BCUT2D eigenvalue weighted by Crippen LogP contribution is -2.41. The maximum absolute atomic E-state index is 14.3. The zero-order chi connectivity index (χ0) is 19.3. The lowest BCUT2D eigenvalue weighted by Gasteiger charge is -2.35. The Morgan fingerprint density at radius 1 is 0.778 bits per heavy atom. The topological polar surface area (TPSA) is 17.1 Å². The monoisotopic (exact) mass is 354 g/mol. The third-order valence-corrected chi connectivity index (χ3v) is 6.12. The molecule has 0 unspecified atom stereocenters. The number of fused-ring (bicyclic) bond motifs is 3. The quantitative estimate of drug-likeness (QED) is 0.496. The van der Waals surface area contributed by atoms with Crippen molar-refractivity contribution in [1.82, 2.24) is 0 Å². The fourth-order valence-corrected chi connectivity index (χ4v) is 5.13. The number of hydrogen-bond acceptors (Lipinski definition) is 1. The van der Waals surface area contributed by atoms with Crippen LogP contribution < -0.4 is 0 Å². The van der Waals surface area contributed by atoms with E-state index < -0.39 is 5.41 Å². The molecule has 1 heteroatoms. The van der Waals surface area contributed by atoms with Gasteiger partial charge in [-0.3, -0.25) is 4.79 Å². The molecule has 4 rings (SSSR count). The molecule has 1 nitrogen and oxygen atoms in total. The standard InChI is InChI=1S/C26H26O/c1-16(2)26(25(27)24-18(4)14-17(3)15-19(24)5)22-12-8-6-10-20(22)21-11-7-9-13-23(21)26/h6-16H,1-5H3. The largest absolute Gasteiger partial charge is 0.293 e. The van der Waals surface area contributed by atoms with Gasteiger partial charge in [-0.05, 0) is 60.1 Å². The van der Waals surface area contributed by atoms with Crippen LogP contribution in [0.15, 0.2) is 60.7 Å². The van der Waals surface area contributed by atoms with E-state index in [9.17, 15) is 4.79 Å². The van der Waals surface area contributed by atoms with Crippen LogP contribution in [0.4, 0.5) is 0 Å². The highest BCUT2D eigenvalue weighted by molar-refractivity contribution is 6.12. The van der Waals surface area contributed by atoms with E-state index in [0.717, 1.165) is 27.8 Å². The summed E-state index contributed by atoms with van der Waals surface area (Å²) in [6, 6.07) is 21.1. The molecule has 0 saturated heterocycles. The van der Waals surface area contributed by atoms with Gasteiger partial charge in [0.1, 0.15) is 0 Å². The highest BCUT2D eigenvalue weighted by atomic mass is 16.1. The molecule has 0 saturated carbocycles. The predicted octanol–water partition coefficient (Wildman–Crippen LogP) is 6.42. The molecular formula is C26H26O. The number of carbonyl (C=O) groups excluding carboxylic acids is 1. The zero-order valence-corrected chi connectivity index (χ0v) is 16.8. The molecule has 27 heavy (non-hydrogen) atoms. The molecule has 136 valence electrons. The van der Waals surface area contributed by atoms with E-state index in [1.807, 2.05) is 0 Å². The normalized spacial score (nSPS) is 14.1. The van der Waals surface area contributed by atoms with Crippen molar-refractivity contribution in [1.29, 1.82) is 0 Å². The van der Waals surface area contributed by atoms with Gasteiger partial charge in [0.25, 0.3) is 0 Å². The van der Waals surface area contributed by atoms with E-state index in [4.69, 9.17) is 0 Å². The Kier molecular flexibility index (Phi) is 4.07. The van der Waals surface area contributed by atoms with E-state index >= 15 is 0 Å². The lowest BCUT2D eigenvalue weighted by molar-refractivity contribution is 0.0877. The number of benzene rings is 3. The van der Waals surface area contributed by atoms with Gasteiger partial charge in [-0.2, -0.15) is 0 Å². The van der Waals surface area contributed by atoms with Gasteiger partial charge in [0, 0.05) is 5.56 Å². The number of hydrogen-bond donors (Lipinski definition) is 0. The summed E-state index contributed by atoms with van der Waals surface area (Å²) >= 11 is 0. The summed E-state index contributed by atoms with van der Waals surface area (Å²) in [5.41, 5.74) is 8.25. The van der Waals surface area contributed by atoms with Crippen LogP contribution in [-0.2, 0) is 5.41 Å². The first kappa shape index (κ1) is 17.7. The van der Waals surface area contributed by atoms with Crippen LogP contribution in [0.3, 0.4) is 0 Å². The minimum Gasteiger partial charge on any atom is -0.293 e. The van der Waals surface area contributed by atoms with Crippen LogP contribution >= 0.6 is 0 Å². The molecule has 1 aliphatic rings. The summed E-state index contributed by atoms with van der Waals surface area (Å²) < 4.78 is 0. The van der Waals surface area contributed by atoms with E-state index in [-0.39, 0.29) is 11.7 Å². The van der Waals surface area contributed by atoms with Crippen molar-refractivity contribution in [2.24, 2.45) is 5.92 Å². The summed E-state index contributed by atoms with van der Waals surface area (Å²) in [7, 11) is 0. The van der Waals surface area contributed by atoms with Crippen molar-refractivity contribution in [3.8, 4) is 11.1 Å². The van der Waals surface area contributed by atoms with Crippen molar-refractivity contribution in [2.45, 2.75) is 40.0 Å². The fraction of sp³-hybridized carbons (Fsp3) is 0.269. The maximum Gasteiger partial charge on any atom is 0.178 e. The fourth-order valence-electron chi connectivity index (χ4n) is 5.13. The second kappa shape index (κ2) is 6.20. The second-order valence-corrected chi connectivity index (χ2v) is 8.16. The van der Waals surface area contributed by atoms with Crippen LogP contribution in [0.5, 0.6) is 0 Å². The van der Waals surface area contributed by atoms with Gasteiger partial charge >= 0.3 is 0 Å². The first-order chi connectivity index (χ1) is 12.9. The Balaban J connectivity index is 2.08. The van der Waals surface area contributed by atoms with E-state index in [1.54, 1.807) is 0 Å². The second-order valence-electron chi connectivity index (χ2n) is 8.16. The minimum absolute atomic E-state index is 0.148. The third kappa shape index (κ3) is 2.34. The highest BCUT2D eigenvalue weighted by Gasteiger charge is 2.51. The van der Waals surface area contributed by atoms with Crippen molar-refractivity contribution >= 4 is 5.78 Å². The summed E-state index contributed by atoms with van der Waals surface area (Å²) in [5, 5.41) is 0. The summed E-state index contributed by atoms with van der Waals surface area (Å²) in [6.07, 6.45) is 0. The molecule has 3 aromatic carbocycles. The number of aryl methyl sites for hydroxylation is 3. The maximum atomic E-state index is 14.3. The predicted molar refractivity (Wildman–Crippen MR) is 112 cm³/mol. The van der Waals surface area contributed by atoms with Gasteiger partial charge in [-0.1, -0.05) is 80.1 Å².